The predicted octanol–water partition coefficient (Wildman–Crippen LogP) is 3.16. The fourth-order valence-electron chi connectivity index (χ4n) is 1.84. The number of aliphatic imine (C=N–C) groups is 1. The summed E-state index contributed by atoms with van der Waals surface area (Å²) in [5.74, 6) is -1.01. The highest BCUT2D eigenvalue weighted by molar-refractivity contribution is 6.30. The lowest BCUT2D eigenvalue weighted by Gasteiger charge is -2.07. The van der Waals surface area contributed by atoms with E-state index in [-0.39, 0.29) is 12.2 Å². The highest BCUT2D eigenvalue weighted by atomic mass is 35.5. The molecule has 0 aliphatic rings. The third kappa shape index (κ3) is 4.33. The molecule has 2 rings (SSSR count). The van der Waals surface area contributed by atoms with E-state index in [1.54, 1.807) is 6.07 Å². The number of nitrogens with zero attached hydrogens (tertiary/aromatic N) is 1. The molecule has 0 radical (unpaired) electrons. The molecule has 0 amide bonds. The van der Waals surface area contributed by atoms with Crippen molar-refractivity contribution in [3.8, 4) is 5.75 Å². The Kier molecular flexibility index (Phi) is 4.95. The van der Waals surface area contributed by atoms with Gasteiger partial charge >= 0.3 is 5.97 Å². The first-order valence-electron chi connectivity index (χ1n) is 6.34. The van der Waals surface area contributed by atoms with Crippen LogP contribution in [0.15, 0.2) is 53.5 Å². The molecule has 2 N–H and O–H groups in total. The molecule has 0 spiro atoms. The van der Waals surface area contributed by atoms with Crippen LogP contribution in [0.5, 0.6) is 5.75 Å². The molecule has 108 valence electrons. The first-order chi connectivity index (χ1) is 10.1. The number of aliphatic carboxylic acids is 1. The Labute approximate surface area is 127 Å². The molecule has 0 aliphatic carbocycles. The second-order valence-corrected chi connectivity index (χ2v) is 4.96. The van der Waals surface area contributed by atoms with Crippen molar-refractivity contribution >= 4 is 23.8 Å². The number of phenols is 1. The molecule has 2 aromatic carbocycles. The number of halogens is 1. The van der Waals surface area contributed by atoms with Crippen molar-refractivity contribution in [1.29, 1.82) is 0 Å². The van der Waals surface area contributed by atoms with Crippen LogP contribution in [0.1, 0.15) is 11.1 Å². The fourth-order valence-corrected chi connectivity index (χ4v) is 2.02. The number of carboxylic acid groups (broad SMARTS) is 1. The molecule has 21 heavy (non-hydrogen) atoms. The summed E-state index contributed by atoms with van der Waals surface area (Å²) in [6.07, 6.45) is 1.62. The van der Waals surface area contributed by atoms with E-state index in [9.17, 15) is 15.0 Å². The number of carboxylic acids is 1. The molecule has 0 fully saturated rings. The lowest BCUT2D eigenvalue weighted by molar-refractivity contribution is -0.138. The number of aromatic hydroxyl groups is 1. The van der Waals surface area contributed by atoms with Gasteiger partial charge in [0.05, 0.1) is 0 Å². The molecule has 0 bridgehead atoms. The van der Waals surface area contributed by atoms with Gasteiger partial charge in [0.25, 0.3) is 0 Å². The summed E-state index contributed by atoms with van der Waals surface area (Å²) >= 11 is 5.84. The number of hydrogen-bond donors (Lipinski definition) is 2. The Morgan fingerprint density at radius 3 is 2.62 bits per heavy atom. The monoisotopic (exact) mass is 303 g/mol. The first-order valence-corrected chi connectivity index (χ1v) is 6.72. The summed E-state index contributed by atoms with van der Waals surface area (Å²) in [6.45, 7) is 0. The van der Waals surface area contributed by atoms with Crippen LogP contribution in [0, 0.1) is 0 Å². The Balaban J connectivity index is 2.18. The highest BCUT2D eigenvalue weighted by Crippen LogP contribution is 2.20. The topological polar surface area (TPSA) is 69.9 Å². The lowest BCUT2D eigenvalue weighted by Crippen LogP contribution is -2.20. The molecule has 1 atom stereocenters. The molecule has 2 aromatic rings. The normalized spacial score (nSPS) is 12.4. The first kappa shape index (κ1) is 15.1. The van der Waals surface area contributed by atoms with Crippen LogP contribution in [-0.4, -0.2) is 28.4 Å². The van der Waals surface area contributed by atoms with E-state index in [2.05, 4.69) is 4.99 Å². The van der Waals surface area contributed by atoms with Crippen LogP contribution in [0.25, 0.3) is 0 Å². The summed E-state index contributed by atoms with van der Waals surface area (Å²) in [5.41, 5.74) is 1.28. The zero-order chi connectivity index (χ0) is 15.2. The van der Waals surface area contributed by atoms with Crippen molar-refractivity contribution in [3.05, 3.63) is 64.7 Å². The quantitative estimate of drug-likeness (QED) is 0.834. The van der Waals surface area contributed by atoms with Gasteiger partial charge in [0.15, 0.2) is 6.04 Å². The second kappa shape index (κ2) is 6.90. The Morgan fingerprint density at radius 1 is 1.24 bits per heavy atom. The minimum absolute atomic E-state index is 0.00648. The third-order valence-corrected chi connectivity index (χ3v) is 3.18. The smallest absolute Gasteiger partial charge is 0.328 e. The van der Waals surface area contributed by atoms with E-state index in [1.807, 2.05) is 30.3 Å². The minimum Gasteiger partial charge on any atom is -0.507 e. The zero-order valence-corrected chi connectivity index (χ0v) is 11.9. The second-order valence-electron chi connectivity index (χ2n) is 4.53. The summed E-state index contributed by atoms with van der Waals surface area (Å²) in [6, 6.07) is 12.9. The number of carbonyl (C=O) groups is 1. The number of rotatable bonds is 5. The molecular weight excluding hydrogens is 290 g/mol. The van der Waals surface area contributed by atoms with Gasteiger partial charge in [-0.15, -0.1) is 0 Å². The molecule has 5 heteroatoms. The van der Waals surface area contributed by atoms with Gasteiger partial charge in [-0.2, -0.15) is 0 Å². The van der Waals surface area contributed by atoms with Gasteiger partial charge < -0.3 is 10.2 Å². The molecule has 0 aliphatic heterocycles. The third-order valence-electron chi connectivity index (χ3n) is 2.94. The van der Waals surface area contributed by atoms with Crippen LogP contribution in [-0.2, 0) is 11.2 Å². The largest absolute Gasteiger partial charge is 0.507 e. The Morgan fingerprint density at radius 2 is 1.95 bits per heavy atom. The molecule has 4 nitrogen and oxygen atoms in total. The highest BCUT2D eigenvalue weighted by Gasteiger charge is 2.16. The summed E-state index contributed by atoms with van der Waals surface area (Å²) < 4.78 is 0. The predicted molar refractivity (Wildman–Crippen MR) is 82.3 cm³/mol. The van der Waals surface area contributed by atoms with Crippen molar-refractivity contribution < 1.29 is 15.0 Å². The standard InChI is InChI=1S/C16H14ClNO3/c17-13-6-7-15(19)12(9-13)10-18-14(16(20)21)8-11-4-2-1-3-5-11/h1-7,9-10,14,19H,8H2,(H,20,21)/t14-/m0/s1. The summed E-state index contributed by atoms with van der Waals surface area (Å²) in [7, 11) is 0. The van der Waals surface area contributed by atoms with E-state index in [1.165, 1.54) is 18.3 Å². The fraction of sp³-hybridized carbons (Fsp3) is 0.125. The average Bonchev–Trinajstić information content (AvgIpc) is 2.47. The van der Waals surface area contributed by atoms with Crippen molar-refractivity contribution in [2.75, 3.05) is 0 Å². The van der Waals surface area contributed by atoms with E-state index in [0.717, 1.165) is 5.56 Å². The van der Waals surface area contributed by atoms with Crippen LogP contribution in [0.4, 0.5) is 0 Å². The van der Waals surface area contributed by atoms with Crippen LogP contribution in [0.3, 0.4) is 0 Å². The zero-order valence-electron chi connectivity index (χ0n) is 11.1. The maximum absolute atomic E-state index is 11.3. The average molecular weight is 304 g/mol. The van der Waals surface area contributed by atoms with Crippen molar-refractivity contribution in [2.24, 2.45) is 4.99 Å². The number of hydrogen-bond acceptors (Lipinski definition) is 3. The van der Waals surface area contributed by atoms with E-state index < -0.39 is 12.0 Å². The van der Waals surface area contributed by atoms with Gasteiger partial charge in [-0.05, 0) is 23.8 Å². The van der Waals surface area contributed by atoms with Gasteiger partial charge in [-0.25, -0.2) is 4.79 Å². The molecule has 0 saturated carbocycles. The van der Waals surface area contributed by atoms with Gasteiger partial charge in [-0.1, -0.05) is 41.9 Å². The summed E-state index contributed by atoms with van der Waals surface area (Å²) in [4.78, 5) is 15.3. The van der Waals surface area contributed by atoms with E-state index in [0.29, 0.717) is 10.6 Å². The van der Waals surface area contributed by atoms with Gasteiger partial charge in [0.1, 0.15) is 5.75 Å². The molecular formula is C16H14ClNO3. The van der Waals surface area contributed by atoms with Crippen LogP contribution in [0.2, 0.25) is 5.02 Å². The van der Waals surface area contributed by atoms with E-state index >= 15 is 0 Å². The van der Waals surface area contributed by atoms with Gasteiger partial charge in [-0.3, -0.25) is 4.99 Å². The van der Waals surface area contributed by atoms with E-state index in [4.69, 9.17) is 11.6 Å². The minimum atomic E-state index is -1.02. The number of benzene rings is 2. The lowest BCUT2D eigenvalue weighted by atomic mass is 10.1. The maximum atomic E-state index is 11.3. The Hall–Kier alpha value is -2.33. The van der Waals surface area contributed by atoms with Crippen molar-refractivity contribution in [1.82, 2.24) is 0 Å². The van der Waals surface area contributed by atoms with Crippen molar-refractivity contribution in [3.63, 3.8) is 0 Å². The van der Waals surface area contributed by atoms with Crippen LogP contribution >= 0.6 is 11.6 Å². The van der Waals surface area contributed by atoms with Gasteiger partial charge in [0.2, 0.25) is 0 Å². The maximum Gasteiger partial charge on any atom is 0.328 e. The van der Waals surface area contributed by atoms with Gasteiger partial charge in [0, 0.05) is 23.2 Å². The number of phenolic OH excluding ortho intramolecular Hbond substituents is 1. The molecule has 0 aromatic heterocycles. The molecule has 0 saturated heterocycles. The Bertz CT molecular complexity index is 656. The SMILES string of the molecule is O=C(O)[C@H](Cc1ccccc1)N=Cc1cc(Cl)ccc1O. The van der Waals surface area contributed by atoms with Crippen LogP contribution < -0.4 is 0 Å². The van der Waals surface area contributed by atoms with Crippen molar-refractivity contribution in [2.45, 2.75) is 12.5 Å². The summed E-state index contributed by atoms with van der Waals surface area (Å²) in [5, 5.41) is 19.4. The molecule has 0 heterocycles. The molecule has 0 unspecified atom stereocenters.